The van der Waals surface area contributed by atoms with E-state index in [0.29, 0.717) is 0 Å². The van der Waals surface area contributed by atoms with Crippen LogP contribution < -0.4 is 0 Å². The molecule has 0 aliphatic carbocycles. The van der Waals surface area contributed by atoms with Crippen LogP contribution in [0, 0.1) is 16.7 Å². The van der Waals surface area contributed by atoms with Crippen molar-refractivity contribution in [3.05, 3.63) is 11.6 Å². The zero-order valence-electron chi connectivity index (χ0n) is 7.16. The largest absolute Gasteiger partial charge is 0.412 e. The lowest BCUT2D eigenvalue weighted by molar-refractivity contribution is -0.0919. The highest BCUT2D eigenvalue weighted by Gasteiger charge is 2.31. The Bertz CT molecular complexity index is 230. The fourth-order valence-electron chi connectivity index (χ4n) is 0.655. The normalized spacial score (nSPS) is 14.2. The van der Waals surface area contributed by atoms with E-state index in [2.05, 4.69) is 0 Å². The number of nitrogens with zero attached hydrogens (tertiary/aromatic N) is 1. The molecule has 12 heavy (non-hydrogen) atoms. The van der Waals surface area contributed by atoms with Gasteiger partial charge in [-0.15, -0.1) is 0 Å². The topological polar surface area (TPSA) is 23.8 Å². The molecule has 0 spiro atoms. The highest BCUT2D eigenvalue weighted by molar-refractivity contribution is 5.16. The van der Waals surface area contributed by atoms with E-state index in [1.165, 1.54) is 13.8 Å². The van der Waals surface area contributed by atoms with E-state index in [1.54, 1.807) is 6.07 Å². The first kappa shape index (κ1) is 11.0. The molecule has 0 saturated heterocycles. The number of rotatable bonds is 1. The van der Waals surface area contributed by atoms with Crippen molar-refractivity contribution in [2.24, 2.45) is 5.41 Å². The lowest BCUT2D eigenvalue weighted by Gasteiger charge is -2.13. The van der Waals surface area contributed by atoms with E-state index >= 15 is 0 Å². The van der Waals surface area contributed by atoms with Crippen LogP contribution in [0.2, 0.25) is 0 Å². The van der Waals surface area contributed by atoms with Gasteiger partial charge in [-0.25, -0.2) is 0 Å². The van der Waals surface area contributed by atoms with Crippen molar-refractivity contribution in [1.29, 1.82) is 5.26 Å². The summed E-state index contributed by atoms with van der Waals surface area (Å²) >= 11 is 0. The van der Waals surface area contributed by atoms with Gasteiger partial charge in [-0.3, -0.25) is 0 Å². The first-order chi connectivity index (χ1) is 5.19. The summed E-state index contributed by atoms with van der Waals surface area (Å²) in [5.74, 6) is 0. The van der Waals surface area contributed by atoms with Gasteiger partial charge < -0.3 is 0 Å². The molecule has 1 nitrogen and oxygen atoms in total. The van der Waals surface area contributed by atoms with Gasteiger partial charge in [0.15, 0.2) is 0 Å². The summed E-state index contributed by atoms with van der Waals surface area (Å²) in [6.45, 7) is 3.82. The highest BCUT2D eigenvalue weighted by atomic mass is 19.4. The number of halogens is 3. The van der Waals surface area contributed by atoms with Crippen molar-refractivity contribution in [2.75, 3.05) is 0 Å². The van der Waals surface area contributed by atoms with Gasteiger partial charge in [0.25, 0.3) is 0 Å². The summed E-state index contributed by atoms with van der Waals surface area (Å²) in [7, 11) is 0. The maximum atomic E-state index is 11.9. The minimum atomic E-state index is -4.33. The molecule has 0 rings (SSSR count). The molecule has 0 aliphatic rings. The molecule has 0 aliphatic heterocycles. The minimum Gasteiger partial charge on any atom is -0.197 e. The minimum absolute atomic E-state index is 0.728. The van der Waals surface area contributed by atoms with Crippen molar-refractivity contribution < 1.29 is 13.2 Å². The molecule has 0 atom stereocenters. The van der Waals surface area contributed by atoms with Crippen molar-refractivity contribution in [3.8, 4) is 6.07 Å². The molecule has 0 radical (unpaired) electrons. The van der Waals surface area contributed by atoms with Crippen molar-refractivity contribution in [2.45, 2.75) is 26.9 Å². The average molecular weight is 177 g/mol. The summed E-state index contributed by atoms with van der Waals surface area (Å²) in [4.78, 5) is 0. The second kappa shape index (κ2) is 3.18. The number of hydrogen-bond acceptors (Lipinski definition) is 1. The average Bonchev–Trinajstić information content (AvgIpc) is 1.85. The summed E-state index contributed by atoms with van der Waals surface area (Å²) in [6, 6.07) is 1.77. The third-order valence-electron chi connectivity index (χ3n) is 1.31. The predicted octanol–water partition coefficient (Wildman–Crippen LogP) is 3.04. The van der Waals surface area contributed by atoms with Crippen LogP contribution in [0.3, 0.4) is 0 Å². The van der Waals surface area contributed by atoms with E-state index in [9.17, 15) is 13.2 Å². The molecule has 0 amide bonds. The van der Waals surface area contributed by atoms with Gasteiger partial charge in [0, 0.05) is 5.57 Å². The van der Waals surface area contributed by atoms with E-state index in [-0.39, 0.29) is 0 Å². The fourth-order valence-corrected chi connectivity index (χ4v) is 0.655. The zero-order chi connectivity index (χ0) is 9.99. The van der Waals surface area contributed by atoms with Crippen molar-refractivity contribution in [1.82, 2.24) is 0 Å². The molecule has 0 unspecified atom stereocenters. The van der Waals surface area contributed by atoms with E-state index in [4.69, 9.17) is 5.26 Å². The predicted molar refractivity (Wildman–Crippen MR) is 39.2 cm³/mol. The van der Waals surface area contributed by atoms with Crippen molar-refractivity contribution >= 4 is 0 Å². The Balaban J connectivity index is 4.72. The lowest BCUT2D eigenvalue weighted by Crippen LogP contribution is -2.13. The summed E-state index contributed by atoms with van der Waals surface area (Å²) < 4.78 is 35.8. The molecule has 4 heteroatoms. The van der Waals surface area contributed by atoms with Gasteiger partial charge >= 0.3 is 6.18 Å². The monoisotopic (exact) mass is 177 g/mol. The Morgan fingerprint density at radius 3 is 2.00 bits per heavy atom. The van der Waals surface area contributed by atoms with Crippen LogP contribution in [-0.4, -0.2) is 6.18 Å². The molecule has 0 fully saturated rings. The molecule has 0 bridgehead atoms. The lowest BCUT2D eigenvalue weighted by atomic mass is 9.93. The molecule has 0 aromatic carbocycles. The molecular formula is C8H10F3N. The van der Waals surface area contributed by atoms with Gasteiger partial charge in [0.2, 0.25) is 0 Å². The molecule has 0 saturated carbocycles. The fraction of sp³-hybridized carbons (Fsp3) is 0.625. The highest BCUT2D eigenvalue weighted by Crippen LogP contribution is 2.29. The zero-order valence-corrected chi connectivity index (χ0v) is 7.16. The second-order valence-electron chi connectivity index (χ2n) is 3.16. The molecule has 68 valence electrons. The third-order valence-corrected chi connectivity index (χ3v) is 1.31. The number of hydrogen-bond donors (Lipinski definition) is 0. The van der Waals surface area contributed by atoms with Crippen LogP contribution in [0.25, 0.3) is 0 Å². The van der Waals surface area contributed by atoms with E-state index in [0.717, 1.165) is 13.0 Å². The summed E-state index contributed by atoms with van der Waals surface area (Å²) in [6.07, 6.45) is -3.40. The molecule has 0 aromatic heterocycles. The maximum Gasteiger partial charge on any atom is 0.412 e. The van der Waals surface area contributed by atoms with Gasteiger partial charge in [0.05, 0.1) is 11.5 Å². The van der Waals surface area contributed by atoms with Crippen LogP contribution in [-0.2, 0) is 0 Å². The van der Waals surface area contributed by atoms with Crippen LogP contribution in [0.4, 0.5) is 13.2 Å². The Hall–Kier alpha value is -0.980. The van der Waals surface area contributed by atoms with Gasteiger partial charge in [-0.1, -0.05) is 6.08 Å². The Kier molecular flexibility index (Phi) is 2.92. The van der Waals surface area contributed by atoms with Crippen LogP contribution in [0.15, 0.2) is 11.6 Å². The summed E-state index contributed by atoms with van der Waals surface area (Å²) in [5.41, 5.74) is -1.78. The second-order valence-corrected chi connectivity index (χ2v) is 3.16. The van der Waals surface area contributed by atoms with Crippen molar-refractivity contribution in [3.63, 3.8) is 0 Å². The Labute approximate surface area is 69.5 Å². The SMILES string of the molecule is C/C(=C\C(C)(C)C#N)C(F)(F)F. The molecule has 0 aromatic rings. The standard InChI is InChI=1S/C8H10F3N/c1-6(8(9,10)11)4-7(2,3)5-12/h4H,1-3H3/b6-4+. The summed E-state index contributed by atoms with van der Waals surface area (Å²) in [5, 5.41) is 8.45. The molecule has 0 N–H and O–H groups in total. The van der Waals surface area contributed by atoms with Gasteiger partial charge in [-0.2, -0.15) is 18.4 Å². The number of nitriles is 1. The first-order valence-electron chi connectivity index (χ1n) is 3.37. The maximum absolute atomic E-state index is 11.9. The first-order valence-corrected chi connectivity index (χ1v) is 3.37. The number of allylic oxidation sites excluding steroid dienone is 2. The van der Waals surface area contributed by atoms with Crippen LogP contribution in [0.5, 0.6) is 0 Å². The van der Waals surface area contributed by atoms with Crippen LogP contribution >= 0.6 is 0 Å². The Morgan fingerprint density at radius 1 is 1.33 bits per heavy atom. The Morgan fingerprint density at radius 2 is 1.75 bits per heavy atom. The smallest absolute Gasteiger partial charge is 0.197 e. The molecule has 0 heterocycles. The number of alkyl halides is 3. The van der Waals surface area contributed by atoms with E-state index in [1.807, 2.05) is 0 Å². The van der Waals surface area contributed by atoms with Gasteiger partial charge in [0.1, 0.15) is 0 Å². The quantitative estimate of drug-likeness (QED) is 0.564. The third kappa shape index (κ3) is 3.42. The van der Waals surface area contributed by atoms with Crippen LogP contribution in [0.1, 0.15) is 20.8 Å². The van der Waals surface area contributed by atoms with Gasteiger partial charge in [-0.05, 0) is 20.8 Å². The van der Waals surface area contributed by atoms with E-state index < -0.39 is 17.2 Å². The molecular weight excluding hydrogens is 167 g/mol.